The molecule has 0 heterocycles. The van der Waals surface area contributed by atoms with E-state index in [-0.39, 0.29) is 12.6 Å². The fourth-order valence-corrected chi connectivity index (χ4v) is 1.10. The summed E-state index contributed by atoms with van der Waals surface area (Å²) in [7, 11) is 0. The Hall–Kier alpha value is -2.35. The van der Waals surface area contributed by atoms with Crippen molar-refractivity contribution < 1.29 is 15.2 Å². The number of benzene rings is 1. The monoisotopic (exact) mass is 242 g/mol. The molecule has 94 valence electrons. The summed E-state index contributed by atoms with van der Waals surface area (Å²) in [5, 5.41) is 23.5. The van der Waals surface area contributed by atoms with E-state index in [0.29, 0.717) is 6.42 Å². The van der Waals surface area contributed by atoms with Crippen LogP contribution in [0, 0.1) is 15.3 Å². The molecule has 0 bridgehead atoms. The van der Waals surface area contributed by atoms with E-state index in [0.717, 1.165) is 11.3 Å². The standard InChI is InChI=1S/C9H13N3O.NO3/c10-9(11)12-8-3-1-2-7(6-8)4-5-13;2-1(3)4/h1-3,6,13H,4-5H2,(H4,10,11,12);/q;-1/p+1. The maximum absolute atomic E-state index is 8.72. The van der Waals surface area contributed by atoms with E-state index in [1.54, 1.807) is 0 Å². The average molecular weight is 242 g/mol. The third kappa shape index (κ3) is 8.63. The number of nitrogens with two attached hydrogens (primary N) is 2. The van der Waals surface area contributed by atoms with Gasteiger partial charge in [-0.15, -0.1) is 0 Å². The number of rotatable bonds is 3. The van der Waals surface area contributed by atoms with Gasteiger partial charge in [0.1, 0.15) is 0 Å². The molecule has 8 heteroatoms. The van der Waals surface area contributed by atoms with Gasteiger partial charge in [0.25, 0.3) is 0 Å². The molecule has 1 aromatic rings. The molecular weight excluding hydrogens is 228 g/mol. The third-order valence-corrected chi connectivity index (χ3v) is 1.62. The van der Waals surface area contributed by atoms with Gasteiger partial charge < -0.3 is 20.4 Å². The Balaban J connectivity index is 0.000000557. The summed E-state index contributed by atoms with van der Waals surface area (Å²) in [6.45, 7) is 0.144. The van der Waals surface area contributed by atoms with Crippen molar-refractivity contribution in [1.29, 1.82) is 0 Å². The molecule has 0 aliphatic rings. The van der Waals surface area contributed by atoms with Crippen molar-refractivity contribution >= 4 is 11.6 Å². The Morgan fingerprint density at radius 2 is 2.00 bits per heavy atom. The third-order valence-electron chi connectivity index (χ3n) is 1.62. The van der Waals surface area contributed by atoms with Gasteiger partial charge in [-0.1, -0.05) is 12.1 Å². The van der Waals surface area contributed by atoms with Crippen molar-refractivity contribution in [3.05, 3.63) is 45.2 Å². The lowest BCUT2D eigenvalue weighted by molar-refractivity contribution is -0.402. The lowest BCUT2D eigenvalue weighted by atomic mass is 10.1. The number of nitrogens with zero attached hydrogens (tertiary/aromatic N) is 1. The summed E-state index contributed by atoms with van der Waals surface area (Å²) in [5.41, 5.74) is 12.5. The second-order valence-corrected chi connectivity index (χ2v) is 2.98. The number of aliphatic hydroxyl groups is 1. The van der Waals surface area contributed by atoms with Crippen LogP contribution in [0.5, 0.6) is 0 Å². The molecule has 0 saturated heterocycles. The van der Waals surface area contributed by atoms with Crippen LogP contribution in [0.3, 0.4) is 0 Å². The Bertz CT molecular complexity index is 386. The molecule has 0 aromatic heterocycles. The summed E-state index contributed by atoms with van der Waals surface area (Å²) in [5.74, 6) is 0.168. The first-order valence-electron chi connectivity index (χ1n) is 4.62. The Kier molecular flexibility index (Phi) is 6.79. The highest BCUT2D eigenvalue weighted by Gasteiger charge is 1.95. The summed E-state index contributed by atoms with van der Waals surface area (Å²) in [6, 6.07) is 7.58. The molecular formula is C9H14N4O4. The van der Waals surface area contributed by atoms with Gasteiger partial charge in [0.15, 0.2) is 0 Å². The number of nitrogens with one attached hydrogen (secondary N) is 1. The minimum Gasteiger partial charge on any atom is -0.396 e. The first kappa shape index (κ1) is 14.6. The summed E-state index contributed by atoms with van der Waals surface area (Å²) >= 11 is 0. The highest BCUT2D eigenvalue weighted by atomic mass is 16.9. The van der Waals surface area contributed by atoms with E-state index >= 15 is 0 Å². The van der Waals surface area contributed by atoms with Gasteiger partial charge in [-0.3, -0.25) is 11.5 Å². The molecule has 0 atom stereocenters. The first-order chi connectivity index (χ1) is 7.95. The molecule has 0 radical (unpaired) electrons. The predicted octanol–water partition coefficient (Wildman–Crippen LogP) is -2.03. The van der Waals surface area contributed by atoms with Crippen LogP contribution in [0.2, 0.25) is 0 Å². The van der Waals surface area contributed by atoms with Crippen molar-refractivity contribution in [3.8, 4) is 0 Å². The van der Waals surface area contributed by atoms with E-state index in [1.165, 1.54) is 0 Å². The lowest BCUT2D eigenvalue weighted by Gasteiger charge is -1.98. The van der Waals surface area contributed by atoms with Gasteiger partial charge in [-0.2, -0.15) is 0 Å². The molecule has 17 heavy (non-hydrogen) atoms. The largest absolute Gasteiger partial charge is 0.396 e. The zero-order valence-electron chi connectivity index (χ0n) is 9.00. The van der Waals surface area contributed by atoms with Gasteiger partial charge in [0, 0.05) is 6.61 Å². The highest BCUT2D eigenvalue weighted by Crippen LogP contribution is 2.04. The fourth-order valence-electron chi connectivity index (χ4n) is 1.10. The molecule has 0 aliphatic carbocycles. The van der Waals surface area contributed by atoms with Crippen LogP contribution >= 0.6 is 0 Å². The quantitative estimate of drug-likeness (QED) is 0.207. The van der Waals surface area contributed by atoms with E-state index in [4.69, 9.17) is 31.9 Å². The zero-order valence-corrected chi connectivity index (χ0v) is 9.00. The van der Waals surface area contributed by atoms with Crippen LogP contribution < -0.4 is 16.5 Å². The molecule has 0 fully saturated rings. The van der Waals surface area contributed by atoms with Crippen LogP contribution in [0.15, 0.2) is 24.3 Å². The van der Waals surface area contributed by atoms with Crippen LogP contribution in [-0.2, 0) is 6.42 Å². The van der Waals surface area contributed by atoms with Crippen LogP contribution in [0.1, 0.15) is 5.56 Å². The summed E-state index contributed by atoms with van der Waals surface area (Å²) < 4.78 is 0. The van der Waals surface area contributed by atoms with Gasteiger partial charge in [-0.25, -0.2) is 4.99 Å². The number of aliphatic hydroxyl groups excluding tert-OH is 1. The van der Waals surface area contributed by atoms with Crippen molar-refractivity contribution in [1.82, 2.24) is 0 Å². The Morgan fingerprint density at radius 1 is 1.41 bits per heavy atom. The summed E-state index contributed by atoms with van der Waals surface area (Å²) in [6.07, 6.45) is 0.639. The number of hydrogen-bond donors (Lipinski definition) is 4. The van der Waals surface area contributed by atoms with Crippen molar-refractivity contribution in [2.24, 2.45) is 11.5 Å². The number of hydrogen-bond acceptors (Lipinski definition) is 4. The minimum absolute atomic E-state index is 0.144. The molecule has 1 aromatic carbocycles. The van der Waals surface area contributed by atoms with E-state index < -0.39 is 5.09 Å². The zero-order chi connectivity index (χ0) is 13.3. The molecule has 0 unspecified atom stereocenters. The lowest BCUT2D eigenvalue weighted by Crippen LogP contribution is -2.72. The van der Waals surface area contributed by atoms with Gasteiger partial charge in [0.05, 0.1) is 10.8 Å². The minimum atomic E-state index is -1.75. The normalized spacial score (nSPS) is 8.76. The molecule has 8 nitrogen and oxygen atoms in total. The topological polar surface area (TPSA) is 152 Å². The van der Waals surface area contributed by atoms with Crippen molar-refractivity contribution in [2.75, 3.05) is 6.61 Å². The van der Waals surface area contributed by atoms with Gasteiger partial charge in [-0.05, 0) is 24.1 Å². The van der Waals surface area contributed by atoms with E-state index in [9.17, 15) is 0 Å². The average Bonchev–Trinajstić information content (AvgIpc) is 2.16. The van der Waals surface area contributed by atoms with Gasteiger partial charge >= 0.3 is 5.96 Å². The maximum Gasteiger partial charge on any atom is 0.343 e. The Morgan fingerprint density at radius 3 is 2.47 bits per heavy atom. The van der Waals surface area contributed by atoms with Gasteiger partial charge in [0.2, 0.25) is 0 Å². The second kappa shape index (κ2) is 7.88. The van der Waals surface area contributed by atoms with Crippen molar-refractivity contribution in [3.63, 3.8) is 0 Å². The second-order valence-electron chi connectivity index (χ2n) is 2.98. The van der Waals surface area contributed by atoms with Crippen molar-refractivity contribution in [2.45, 2.75) is 6.42 Å². The molecule has 0 amide bonds. The van der Waals surface area contributed by atoms with E-state index in [2.05, 4.69) is 4.99 Å². The summed E-state index contributed by atoms with van der Waals surface area (Å²) in [4.78, 5) is 11.0. The van der Waals surface area contributed by atoms with Crippen LogP contribution in [0.25, 0.3) is 0 Å². The maximum atomic E-state index is 8.72. The van der Waals surface area contributed by atoms with Crippen LogP contribution in [0.4, 0.5) is 5.69 Å². The predicted molar refractivity (Wildman–Crippen MR) is 61.6 cm³/mol. The molecule has 0 spiro atoms. The van der Waals surface area contributed by atoms with E-state index in [1.807, 2.05) is 24.3 Å². The molecule has 1 rings (SSSR count). The Labute approximate surface area is 97.3 Å². The fraction of sp³-hybridized carbons (Fsp3) is 0.222. The molecule has 6 N–H and O–H groups in total. The highest BCUT2D eigenvalue weighted by molar-refractivity contribution is 5.70. The number of guanidine groups is 1. The molecule has 0 saturated carbocycles. The molecule has 0 aliphatic heterocycles. The first-order valence-corrected chi connectivity index (χ1v) is 4.62. The SMILES string of the molecule is NC(N)=[NH+]c1cccc(CCO)c1.O=[N+]([O-])[O-]. The van der Waals surface area contributed by atoms with Crippen LogP contribution in [-0.4, -0.2) is 22.8 Å². The smallest absolute Gasteiger partial charge is 0.343 e.